The first-order valence-electron chi connectivity index (χ1n) is 8.17. The van der Waals surface area contributed by atoms with Crippen LogP contribution < -0.4 is 0 Å². The first-order chi connectivity index (χ1) is 11.2. The van der Waals surface area contributed by atoms with Crippen LogP contribution >= 0.6 is 15.9 Å². The van der Waals surface area contributed by atoms with E-state index in [9.17, 15) is 0 Å². The molecule has 0 aliphatic rings. The van der Waals surface area contributed by atoms with Gasteiger partial charge in [0, 0.05) is 15.9 Å². The fraction of sp³-hybridized carbons (Fsp3) is 0.333. The second kappa shape index (κ2) is 7.27. The van der Waals surface area contributed by atoms with E-state index >= 15 is 0 Å². The smallest absolute Gasteiger partial charge is 0.194 e. The summed E-state index contributed by atoms with van der Waals surface area (Å²) < 4.78 is 6.94. The zero-order valence-corrected chi connectivity index (χ0v) is 17.6. The zero-order chi connectivity index (χ0) is 17.8. The van der Waals surface area contributed by atoms with Gasteiger partial charge in [0.15, 0.2) is 13.9 Å². The maximum atomic E-state index is 6.94. The Morgan fingerprint density at radius 2 is 1.25 bits per heavy atom. The van der Waals surface area contributed by atoms with E-state index in [1.165, 1.54) is 0 Å². The van der Waals surface area contributed by atoms with Crippen molar-refractivity contribution in [2.75, 3.05) is 0 Å². The van der Waals surface area contributed by atoms with Crippen LogP contribution in [-0.4, -0.2) is 8.32 Å². The Bertz CT molecular complexity index is 682. The minimum absolute atomic E-state index is 0.0931. The van der Waals surface area contributed by atoms with Gasteiger partial charge in [0.05, 0.1) is 0 Å². The molecule has 3 heteroatoms. The highest BCUT2D eigenvalue weighted by molar-refractivity contribution is 9.12. The van der Waals surface area contributed by atoms with Crippen molar-refractivity contribution in [3.63, 3.8) is 0 Å². The van der Waals surface area contributed by atoms with Gasteiger partial charge >= 0.3 is 0 Å². The highest BCUT2D eigenvalue weighted by atomic mass is 79.9. The topological polar surface area (TPSA) is 9.23 Å². The summed E-state index contributed by atoms with van der Waals surface area (Å²) in [5, 5.41) is 0.0931. The number of halogens is 1. The third kappa shape index (κ3) is 3.83. The maximum Gasteiger partial charge on any atom is 0.194 e. The van der Waals surface area contributed by atoms with E-state index in [0.717, 1.165) is 11.1 Å². The van der Waals surface area contributed by atoms with E-state index in [1.54, 1.807) is 0 Å². The molecular formula is C21H25BrOSi. The lowest BCUT2D eigenvalue weighted by Crippen LogP contribution is -2.48. The Balaban J connectivity index is 2.71. The molecule has 2 aromatic carbocycles. The number of hydrogen-bond donors (Lipinski definition) is 0. The van der Waals surface area contributed by atoms with Gasteiger partial charge in [-0.25, -0.2) is 0 Å². The number of benzene rings is 2. The second-order valence-electron chi connectivity index (χ2n) is 7.50. The van der Waals surface area contributed by atoms with Crippen LogP contribution in [0.25, 0.3) is 0 Å². The first-order valence-corrected chi connectivity index (χ1v) is 11.9. The molecule has 0 radical (unpaired) electrons. The lowest BCUT2D eigenvalue weighted by atomic mass is 9.87. The second-order valence-corrected chi connectivity index (χ2v) is 12.6. The minimum atomic E-state index is -2.07. The number of hydrogen-bond acceptors (Lipinski definition) is 1. The summed E-state index contributed by atoms with van der Waals surface area (Å²) in [4.78, 5) is 2.94. The molecule has 24 heavy (non-hydrogen) atoms. The van der Waals surface area contributed by atoms with Gasteiger partial charge in [-0.2, -0.15) is 0 Å². The summed E-state index contributed by atoms with van der Waals surface area (Å²) >= 11 is 3.31. The highest BCUT2D eigenvalue weighted by Crippen LogP contribution is 2.44. The van der Waals surface area contributed by atoms with Crippen LogP contribution in [0.1, 0.15) is 31.9 Å². The van der Waals surface area contributed by atoms with Gasteiger partial charge in [0.25, 0.3) is 0 Å². The van der Waals surface area contributed by atoms with Gasteiger partial charge in [-0.05, 0) is 40.0 Å². The van der Waals surface area contributed by atoms with Crippen LogP contribution in [0.5, 0.6) is 0 Å². The fourth-order valence-electron chi connectivity index (χ4n) is 2.40. The van der Waals surface area contributed by atoms with Gasteiger partial charge < -0.3 is 4.43 Å². The Morgan fingerprint density at radius 3 is 1.58 bits per heavy atom. The predicted molar refractivity (Wildman–Crippen MR) is 109 cm³/mol. The molecule has 0 spiro atoms. The highest BCUT2D eigenvalue weighted by Gasteiger charge is 2.46. The molecule has 0 unspecified atom stereocenters. The number of rotatable bonds is 4. The average molecular weight is 401 g/mol. The first kappa shape index (κ1) is 19.0. The Labute approximate surface area is 155 Å². The molecular weight excluding hydrogens is 376 g/mol. The maximum absolute atomic E-state index is 6.94. The minimum Gasteiger partial charge on any atom is -0.394 e. The molecule has 1 nitrogen and oxygen atoms in total. The van der Waals surface area contributed by atoms with Gasteiger partial charge in [0.2, 0.25) is 0 Å². The summed E-state index contributed by atoms with van der Waals surface area (Å²) in [6.45, 7) is 11.3. The van der Waals surface area contributed by atoms with E-state index in [2.05, 4.69) is 84.8 Å². The Hall–Kier alpha value is -1.34. The van der Waals surface area contributed by atoms with Crippen molar-refractivity contribution in [1.82, 2.24) is 0 Å². The molecule has 0 aliphatic heterocycles. The lowest BCUT2D eigenvalue weighted by molar-refractivity contribution is 0.153. The van der Waals surface area contributed by atoms with E-state index < -0.39 is 13.9 Å². The average Bonchev–Trinajstić information content (AvgIpc) is 2.55. The molecule has 0 saturated heterocycles. The molecule has 0 heterocycles. The van der Waals surface area contributed by atoms with Crippen LogP contribution in [0.4, 0.5) is 0 Å². The van der Waals surface area contributed by atoms with E-state index in [-0.39, 0.29) is 5.04 Å². The van der Waals surface area contributed by atoms with Crippen LogP contribution in [0, 0.1) is 10.8 Å². The van der Waals surface area contributed by atoms with Crippen molar-refractivity contribution < 1.29 is 4.43 Å². The molecule has 0 N–H and O–H groups in total. The third-order valence-corrected chi connectivity index (χ3v) is 9.43. The van der Waals surface area contributed by atoms with Crippen LogP contribution in [0.15, 0.2) is 60.7 Å². The lowest BCUT2D eigenvalue weighted by Gasteiger charge is -2.44. The van der Waals surface area contributed by atoms with Gasteiger partial charge in [-0.15, -0.1) is 0 Å². The largest absolute Gasteiger partial charge is 0.394 e. The molecule has 0 saturated carbocycles. The van der Waals surface area contributed by atoms with Crippen LogP contribution in [-0.2, 0) is 10.0 Å². The zero-order valence-electron chi connectivity index (χ0n) is 15.1. The van der Waals surface area contributed by atoms with Gasteiger partial charge in [-0.1, -0.05) is 81.4 Å². The quantitative estimate of drug-likeness (QED) is 0.431. The standard InChI is InChI=1S/C21H25BrOSi/c1-20(2,3)24(4,5)23-21(16-17-22,18-12-8-6-9-13-18)19-14-10-7-11-15-19/h6-15H,1-5H3. The Kier molecular flexibility index (Phi) is 5.75. The van der Waals surface area contributed by atoms with Crippen molar-refractivity contribution in [1.29, 1.82) is 0 Å². The summed E-state index contributed by atoms with van der Waals surface area (Å²) in [5.41, 5.74) is 1.36. The Morgan fingerprint density at radius 1 is 0.833 bits per heavy atom. The van der Waals surface area contributed by atoms with Gasteiger partial charge in [0.1, 0.15) is 0 Å². The van der Waals surface area contributed by atoms with Gasteiger partial charge in [-0.3, -0.25) is 0 Å². The molecule has 0 fully saturated rings. The third-order valence-electron chi connectivity index (χ3n) is 4.80. The van der Waals surface area contributed by atoms with E-state index in [0.29, 0.717) is 0 Å². The molecule has 126 valence electrons. The molecule has 2 aromatic rings. The van der Waals surface area contributed by atoms with Crippen molar-refractivity contribution in [2.45, 2.75) is 44.5 Å². The van der Waals surface area contributed by atoms with E-state index in [4.69, 9.17) is 4.43 Å². The summed E-state index contributed by atoms with van der Waals surface area (Å²) in [5.74, 6) is 3.34. The normalized spacial score (nSPS) is 12.4. The van der Waals surface area contributed by atoms with Crippen molar-refractivity contribution in [3.05, 3.63) is 71.8 Å². The van der Waals surface area contributed by atoms with Crippen molar-refractivity contribution >= 4 is 24.2 Å². The van der Waals surface area contributed by atoms with Crippen molar-refractivity contribution in [3.8, 4) is 10.8 Å². The fourth-order valence-corrected chi connectivity index (χ4v) is 4.04. The summed E-state index contributed by atoms with van der Waals surface area (Å²) in [6, 6.07) is 20.6. The molecule has 0 aliphatic carbocycles. The SMILES string of the molecule is CC(C)(C)[Si](C)(C)OC(C#CBr)(c1ccccc1)c1ccccc1. The van der Waals surface area contributed by atoms with Crippen molar-refractivity contribution in [2.24, 2.45) is 0 Å². The molecule has 0 amide bonds. The summed E-state index contributed by atoms with van der Waals surface area (Å²) in [7, 11) is -2.07. The van der Waals surface area contributed by atoms with E-state index in [1.807, 2.05) is 36.4 Å². The molecule has 0 bridgehead atoms. The molecule has 2 rings (SSSR count). The van der Waals surface area contributed by atoms with Crippen LogP contribution in [0.2, 0.25) is 18.1 Å². The predicted octanol–water partition coefficient (Wildman–Crippen LogP) is 6.31. The molecule has 0 aromatic heterocycles. The van der Waals surface area contributed by atoms with Crippen LogP contribution in [0.3, 0.4) is 0 Å². The molecule has 0 atom stereocenters. The summed E-state index contributed by atoms with van der Waals surface area (Å²) in [6.07, 6.45) is 0. The monoisotopic (exact) mass is 400 g/mol.